The van der Waals surface area contributed by atoms with Crippen molar-refractivity contribution in [2.45, 2.75) is 12.8 Å². The van der Waals surface area contributed by atoms with Crippen molar-refractivity contribution in [1.82, 2.24) is 9.97 Å². The minimum atomic E-state index is -0.579. The standard InChI is InChI=1S/C22H16FN5O2/c23-18-9-13(11-24)1-4-16(18)17-6-7-25-12-19(17)27-22(30)15-5-8-26-20(10-15)28-21(29)14-2-3-14/h1,4-10,12,14H,2-3H2,(H,27,30)(H,26,28,29). The van der Waals surface area contributed by atoms with E-state index in [-0.39, 0.29) is 28.5 Å². The highest BCUT2D eigenvalue weighted by Gasteiger charge is 2.29. The summed E-state index contributed by atoms with van der Waals surface area (Å²) in [6.07, 6.45) is 6.06. The number of hydrogen-bond acceptors (Lipinski definition) is 5. The predicted octanol–water partition coefficient (Wildman–Crippen LogP) is 3.76. The van der Waals surface area contributed by atoms with E-state index in [0.29, 0.717) is 17.1 Å². The molecule has 0 radical (unpaired) electrons. The summed E-state index contributed by atoms with van der Waals surface area (Å²) in [5, 5.41) is 14.3. The highest BCUT2D eigenvalue weighted by Crippen LogP contribution is 2.31. The van der Waals surface area contributed by atoms with Crippen molar-refractivity contribution in [3.63, 3.8) is 0 Å². The van der Waals surface area contributed by atoms with Crippen LogP contribution in [0.4, 0.5) is 15.9 Å². The van der Waals surface area contributed by atoms with Gasteiger partial charge in [0.2, 0.25) is 5.91 Å². The van der Waals surface area contributed by atoms with Gasteiger partial charge in [0, 0.05) is 35.0 Å². The Morgan fingerprint density at radius 2 is 1.90 bits per heavy atom. The Morgan fingerprint density at radius 1 is 1.07 bits per heavy atom. The van der Waals surface area contributed by atoms with Gasteiger partial charge in [-0.2, -0.15) is 5.26 Å². The van der Waals surface area contributed by atoms with Crippen molar-refractivity contribution in [3.05, 3.63) is 71.9 Å². The average Bonchev–Trinajstić information content (AvgIpc) is 3.60. The van der Waals surface area contributed by atoms with E-state index in [2.05, 4.69) is 20.6 Å². The molecule has 2 aromatic heterocycles. The molecule has 2 heterocycles. The van der Waals surface area contributed by atoms with Gasteiger partial charge in [0.1, 0.15) is 11.6 Å². The minimum Gasteiger partial charge on any atom is -0.320 e. The maximum atomic E-state index is 14.5. The summed E-state index contributed by atoms with van der Waals surface area (Å²) in [5.41, 5.74) is 1.46. The molecule has 0 saturated heterocycles. The predicted molar refractivity (Wildman–Crippen MR) is 108 cm³/mol. The van der Waals surface area contributed by atoms with Crippen molar-refractivity contribution < 1.29 is 14.0 Å². The highest BCUT2D eigenvalue weighted by molar-refractivity contribution is 6.07. The second-order valence-corrected chi connectivity index (χ2v) is 6.88. The average molecular weight is 401 g/mol. The van der Waals surface area contributed by atoms with Crippen LogP contribution in [0.5, 0.6) is 0 Å². The lowest BCUT2D eigenvalue weighted by Gasteiger charge is -2.12. The highest BCUT2D eigenvalue weighted by atomic mass is 19.1. The molecular weight excluding hydrogens is 385 g/mol. The zero-order chi connectivity index (χ0) is 21.1. The molecule has 1 saturated carbocycles. The molecule has 4 rings (SSSR count). The Balaban J connectivity index is 1.57. The number of carbonyl (C=O) groups is 2. The molecule has 0 unspecified atom stereocenters. The Morgan fingerprint density at radius 3 is 2.63 bits per heavy atom. The number of nitriles is 1. The molecule has 0 bridgehead atoms. The van der Waals surface area contributed by atoms with Crippen LogP contribution in [0.2, 0.25) is 0 Å². The van der Waals surface area contributed by atoms with Crippen LogP contribution >= 0.6 is 0 Å². The molecule has 1 aromatic carbocycles. The van der Waals surface area contributed by atoms with Gasteiger partial charge in [-0.1, -0.05) is 6.07 Å². The molecule has 0 spiro atoms. The number of nitrogens with one attached hydrogen (secondary N) is 2. The third-order valence-electron chi connectivity index (χ3n) is 4.68. The van der Waals surface area contributed by atoms with Crippen LogP contribution in [0, 0.1) is 23.1 Å². The fourth-order valence-corrected chi connectivity index (χ4v) is 2.94. The van der Waals surface area contributed by atoms with Crippen LogP contribution in [0.3, 0.4) is 0 Å². The van der Waals surface area contributed by atoms with E-state index >= 15 is 0 Å². The number of carbonyl (C=O) groups excluding carboxylic acids is 2. The molecule has 8 heteroatoms. The van der Waals surface area contributed by atoms with Crippen LogP contribution < -0.4 is 10.6 Å². The number of benzene rings is 1. The van der Waals surface area contributed by atoms with Gasteiger partial charge in [-0.3, -0.25) is 14.6 Å². The van der Waals surface area contributed by atoms with Gasteiger partial charge >= 0.3 is 0 Å². The van der Waals surface area contributed by atoms with Crippen molar-refractivity contribution in [1.29, 1.82) is 5.26 Å². The summed E-state index contributed by atoms with van der Waals surface area (Å²) >= 11 is 0. The normalized spacial score (nSPS) is 12.7. The number of hydrogen-bond donors (Lipinski definition) is 2. The summed E-state index contributed by atoms with van der Waals surface area (Å²) in [5.74, 6) is -0.827. The van der Waals surface area contributed by atoms with Crippen LogP contribution in [0.1, 0.15) is 28.8 Å². The second kappa shape index (κ2) is 8.09. The lowest BCUT2D eigenvalue weighted by molar-refractivity contribution is -0.117. The maximum Gasteiger partial charge on any atom is 0.255 e. The van der Waals surface area contributed by atoms with E-state index < -0.39 is 11.7 Å². The molecule has 1 aliphatic rings. The number of halogens is 1. The van der Waals surface area contributed by atoms with Crippen molar-refractivity contribution in [3.8, 4) is 17.2 Å². The van der Waals surface area contributed by atoms with Gasteiger partial charge in [-0.05, 0) is 43.2 Å². The Bertz CT molecular complexity index is 1180. The second-order valence-electron chi connectivity index (χ2n) is 6.88. The van der Waals surface area contributed by atoms with Crippen molar-refractivity contribution in [2.75, 3.05) is 10.6 Å². The van der Waals surface area contributed by atoms with Crippen LogP contribution in [-0.2, 0) is 4.79 Å². The number of pyridine rings is 2. The quantitative estimate of drug-likeness (QED) is 0.677. The van der Waals surface area contributed by atoms with Gasteiger partial charge in [0.05, 0.1) is 23.5 Å². The largest absolute Gasteiger partial charge is 0.320 e. The summed E-state index contributed by atoms with van der Waals surface area (Å²) in [4.78, 5) is 32.7. The van der Waals surface area contributed by atoms with E-state index in [0.717, 1.165) is 18.9 Å². The zero-order valence-electron chi connectivity index (χ0n) is 15.7. The summed E-state index contributed by atoms with van der Waals surface area (Å²) in [7, 11) is 0. The fourth-order valence-electron chi connectivity index (χ4n) is 2.94. The molecule has 30 heavy (non-hydrogen) atoms. The molecule has 2 N–H and O–H groups in total. The molecule has 0 atom stereocenters. The Hall–Kier alpha value is -4.12. The molecule has 1 aliphatic carbocycles. The summed E-state index contributed by atoms with van der Waals surface area (Å²) < 4.78 is 14.5. The number of aromatic nitrogens is 2. The summed E-state index contributed by atoms with van der Waals surface area (Å²) in [6.45, 7) is 0. The van der Waals surface area contributed by atoms with Crippen LogP contribution in [0.25, 0.3) is 11.1 Å². The lowest BCUT2D eigenvalue weighted by Crippen LogP contribution is -2.16. The fraction of sp³-hybridized carbons (Fsp3) is 0.136. The molecule has 148 valence electrons. The molecule has 1 fully saturated rings. The van der Waals surface area contributed by atoms with Crippen molar-refractivity contribution in [2.24, 2.45) is 5.92 Å². The van der Waals surface area contributed by atoms with E-state index in [1.165, 1.54) is 42.9 Å². The van der Waals surface area contributed by atoms with E-state index in [4.69, 9.17) is 5.26 Å². The molecule has 2 amide bonds. The first-order chi connectivity index (χ1) is 14.5. The SMILES string of the molecule is N#Cc1ccc(-c2ccncc2NC(=O)c2ccnc(NC(=O)C3CC3)c2)c(F)c1. The van der Waals surface area contributed by atoms with Gasteiger partial charge in [0.25, 0.3) is 5.91 Å². The lowest BCUT2D eigenvalue weighted by atomic mass is 10.0. The first-order valence-electron chi connectivity index (χ1n) is 9.27. The maximum absolute atomic E-state index is 14.5. The Labute approximate surface area is 171 Å². The molecule has 7 nitrogen and oxygen atoms in total. The molecule has 0 aliphatic heterocycles. The minimum absolute atomic E-state index is 0.0181. The van der Waals surface area contributed by atoms with Crippen LogP contribution in [-0.4, -0.2) is 21.8 Å². The topological polar surface area (TPSA) is 108 Å². The van der Waals surface area contributed by atoms with E-state index in [1.54, 1.807) is 6.07 Å². The number of nitrogens with zero attached hydrogens (tertiary/aromatic N) is 3. The first-order valence-corrected chi connectivity index (χ1v) is 9.27. The van der Waals surface area contributed by atoms with Crippen LogP contribution in [0.15, 0.2) is 55.0 Å². The van der Waals surface area contributed by atoms with Gasteiger partial charge in [-0.25, -0.2) is 9.37 Å². The van der Waals surface area contributed by atoms with Gasteiger partial charge in [-0.15, -0.1) is 0 Å². The smallest absolute Gasteiger partial charge is 0.255 e. The molecular formula is C22H16FN5O2. The number of anilines is 2. The zero-order valence-corrected chi connectivity index (χ0v) is 15.7. The van der Waals surface area contributed by atoms with Gasteiger partial charge < -0.3 is 10.6 Å². The third kappa shape index (κ3) is 4.15. The first kappa shape index (κ1) is 19.2. The molecule has 3 aromatic rings. The van der Waals surface area contributed by atoms with E-state index in [9.17, 15) is 14.0 Å². The van der Waals surface area contributed by atoms with E-state index in [1.807, 2.05) is 6.07 Å². The number of amides is 2. The third-order valence-corrected chi connectivity index (χ3v) is 4.68. The van der Waals surface area contributed by atoms with Crippen molar-refractivity contribution >= 4 is 23.3 Å². The number of rotatable bonds is 5. The summed E-state index contributed by atoms with van der Waals surface area (Å²) in [6, 6.07) is 10.6. The Kier molecular flexibility index (Phi) is 5.18. The monoisotopic (exact) mass is 401 g/mol. The van der Waals surface area contributed by atoms with Gasteiger partial charge in [0.15, 0.2) is 0 Å².